The minimum Gasteiger partial charge on any atom is -0.488 e. The summed E-state index contributed by atoms with van der Waals surface area (Å²) in [5.41, 5.74) is 6.30. The van der Waals surface area contributed by atoms with Gasteiger partial charge in [-0.25, -0.2) is 0 Å². The molecule has 170 valence electrons. The molecule has 1 saturated heterocycles. The van der Waals surface area contributed by atoms with E-state index in [1.54, 1.807) is 0 Å². The van der Waals surface area contributed by atoms with E-state index in [2.05, 4.69) is 43.0 Å². The van der Waals surface area contributed by atoms with E-state index in [0.717, 1.165) is 55.2 Å². The largest absolute Gasteiger partial charge is 0.488 e. The fraction of sp³-hybridized carbons (Fsp3) is 0.444. The Morgan fingerprint density at radius 2 is 1.88 bits per heavy atom. The minimum absolute atomic E-state index is 0.0540. The van der Waals surface area contributed by atoms with Crippen molar-refractivity contribution in [3.8, 4) is 5.75 Å². The van der Waals surface area contributed by atoms with Gasteiger partial charge in [0.1, 0.15) is 12.4 Å². The van der Waals surface area contributed by atoms with Gasteiger partial charge in [-0.2, -0.15) is 0 Å². The van der Waals surface area contributed by atoms with Gasteiger partial charge in [0.2, 0.25) is 0 Å². The molecule has 1 fully saturated rings. The van der Waals surface area contributed by atoms with Crippen molar-refractivity contribution >= 4 is 23.1 Å². The second kappa shape index (κ2) is 9.68. The van der Waals surface area contributed by atoms with E-state index in [4.69, 9.17) is 21.1 Å². The second-order valence-corrected chi connectivity index (χ2v) is 10.0. The van der Waals surface area contributed by atoms with Crippen molar-refractivity contribution in [2.45, 2.75) is 46.1 Å². The van der Waals surface area contributed by atoms with Crippen molar-refractivity contribution in [2.24, 2.45) is 5.41 Å². The monoisotopic (exact) mass is 453 g/mol. The molecule has 0 unspecified atom stereocenters. The SMILES string of the molecule is COC(=O)CC(C)(C)CCN1CCC(=C2c3ccc(Cl)cc3COc3ccccc32)CC1. The first-order valence-corrected chi connectivity index (χ1v) is 11.8. The van der Waals surface area contributed by atoms with E-state index >= 15 is 0 Å². The topological polar surface area (TPSA) is 38.8 Å². The average Bonchev–Trinajstić information content (AvgIpc) is 2.94. The zero-order valence-corrected chi connectivity index (χ0v) is 20.0. The van der Waals surface area contributed by atoms with Crippen LogP contribution < -0.4 is 4.74 Å². The molecule has 0 radical (unpaired) electrons. The van der Waals surface area contributed by atoms with Crippen LogP contribution in [0.25, 0.3) is 5.57 Å². The summed E-state index contributed by atoms with van der Waals surface area (Å²) in [6.07, 6.45) is 3.50. The first kappa shape index (κ1) is 22.9. The number of hydrogen-bond acceptors (Lipinski definition) is 4. The highest BCUT2D eigenvalue weighted by atomic mass is 35.5. The maximum atomic E-state index is 11.7. The Morgan fingerprint density at radius 1 is 1.12 bits per heavy atom. The number of methoxy groups -OCH3 is 1. The molecule has 4 rings (SSSR count). The van der Waals surface area contributed by atoms with Gasteiger partial charge in [0.05, 0.1) is 13.5 Å². The third kappa shape index (κ3) is 5.19. The van der Waals surface area contributed by atoms with Crippen molar-refractivity contribution in [2.75, 3.05) is 26.7 Å². The number of benzene rings is 2. The minimum atomic E-state index is -0.131. The smallest absolute Gasteiger partial charge is 0.306 e. The summed E-state index contributed by atoms with van der Waals surface area (Å²) >= 11 is 6.30. The molecule has 0 atom stereocenters. The van der Waals surface area contributed by atoms with Gasteiger partial charge >= 0.3 is 5.97 Å². The molecule has 2 aliphatic rings. The van der Waals surface area contributed by atoms with E-state index < -0.39 is 0 Å². The molecule has 0 spiro atoms. The Balaban J connectivity index is 1.54. The lowest BCUT2D eigenvalue weighted by Crippen LogP contribution is -2.34. The number of hydrogen-bond donors (Lipinski definition) is 0. The number of piperidine rings is 1. The van der Waals surface area contributed by atoms with Crippen LogP contribution in [0.5, 0.6) is 5.75 Å². The Labute approximate surface area is 196 Å². The molecule has 5 heteroatoms. The predicted octanol–water partition coefficient (Wildman–Crippen LogP) is 6.11. The first-order valence-electron chi connectivity index (χ1n) is 11.4. The Hall–Kier alpha value is -2.30. The number of halogens is 1. The number of rotatable bonds is 5. The molecule has 0 saturated carbocycles. The van der Waals surface area contributed by atoms with Crippen LogP contribution in [0.3, 0.4) is 0 Å². The molecule has 0 amide bonds. The molecular formula is C27H32ClNO3. The van der Waals surface area contributed by atoms with Crippen LogP contribution in [0, 0.1) is 5.41 Å². The zero-order valence-electron chi connectivity index (χ0n) is 19.2. The summed E-state index contributed by atoms with van der Waals surface area (Å²) < 4.78 is 11.0. The third-order valence-electron chi connectivity index (χ3n) is 6.64. The standard InChI is InChI=1S/C27H32ClNO3/c1-27(2,17-25(30)31-3)12-15-29-13-10-19(11-14-29)26-22-9-8-21(28)16-20(22)18-32-24-7-5-4-6-23(24)26/h4-9,16H,10-15,17-18H2,1-3H3. The third-order valence-corrected chi connectivity index (χ3v) is 6.88. The van der Waals surface area contributed by atoms with E-state index in [0.29, 0.717) is 13.0 Å². The van der Waals surface area contributed by atoms with E-state index in [9.17, 15) is 4.79 Å². The van der Waals surface area contributed by atoms with Gasteiger partial charge in [0.15, 0.2) is 0 Å². The number of carbonyl (C=O) groups is 1. The highest BCUT2D eigenvalue weighted by Gasteiger charge is 2.27. The number of carbonyl (C=O) groups excluding carboxylic acids is 1. The quantitative estimate of drug-likeness (QED) is 0.512. The van der Waals surface area contributed by atoms with E-state index in [1.165, 1.54) is 29.4 Å². The van der Waals surface area contributed by atoms with Crippen molar-refractivity contribution < 1.29 is 14.3 Å². The molecule has 0 N–H and O–H groups in total. The highest BCUT2D eigenvalue weighted by Crippen LogP contribution is 2.41. The number of likely N-dealkylation sites (tertiary alicyclic amines) is 1. The lowest BCUT2D eigenvalue weighted by atomic mass is 9.84. The molecule has 32 heavy (non-hydrogen) atoms. The van der Waals surface area contributed by atoms with Gasteiger partial charge in [-0.05, 0) is 66.1 Å². The summed E-state index contributed by atoms with van der Waals surface area (Å²) in [5, 5.41) is 0.743. The van der Waals surface area contributed by atoms with Gasteiger partial charge in [-0.3, -0.25) is 4.79 Å². The molecule has 4 nitrogen and oxygen atoms in total. The van der Waals surface area contributed by atoms with Crippen molar-refractivity contribution in [1.82, 2.24) is 4.90 Å². The summed E-state index contributed by atoms with van der Waals surface area (Å²) in [6.45, 7) is 7.87. The summed E-state index contributed by atoms with van der Waals surface area (Å²) in [5.74, 6) is 0.808. The van der Waals surface area contributed by atoms with Crippen molar-refractivity contribution in [1.29, 1.82) is 0 Å². The van der Waals surface area contributed by atoms with Crippen molar-refractivity contribution in [3.05, 3.63) is 69.8 Å². The van der Waals surface area contributed by atoms with Gasteiger partial charge in [-0.15, -0.1) is 0 Å². The maximum absolute atomic E-state index is 11.7. The van der Waals surface area contributed by atoms with Crippen LogP contribution in [-0.4, -0.2) is 37.6 Å². The molecule has 2 aromatic rings. The Kier molecular flexibility index (Phi) is 6.92. The van der Waals surface area contributed by atoms with Crippen LogP contribution in [0.1, 0.15) is 56.2 Å². The summed E-state index contributed by atoms with van der Waals surface area (Å²) in [7, 11) is 1.46. The number of ether oxygens (including phenoxy) is 2. The number of esters is 1. The molecule has 0 aromatic heterocycles. The second-order valence-electron chi connectivity index (χ2n) is 9.57. The zero-order chi connectivity index (χ0) is 22.7. The van der Waals surface area contributed by atoms with E-state index in [1.807, 2.05) is 18.2 Å². The molecule has 2 heterocycles. The van der Waals surface area contributed by atoms with Gasteiger partial charge in [0.25, 0.3) is 0 Å². The van der Waals surface area contributed by atoms with Crippen LogP contribution >= 0.6 is 11.6 Å². The fourth-order valence-corrected chi connectivity index (χ4v) is 4.91. The summed E-state index contributed by atoms with van der Waals surface area (Å²) in [4.78, 5) is 14.2. The lowest BCUT2D eigenvalue weighted by Gasteiger charge is -2.33. The molecule has 0 bridgehead atoms. The number of nitrogens with zero attached hydrogens (tertiary/aromatic N) is 1. The average molecular weight is 454 g/mol. The van der Waals surface area contributed by atoms with Crippen LogP contribution in [0.2, 0.25) is 5.02 Å². The molecule has 0 aliphatic carbocycles. The molecular weight excluding hydrogens is 422 g/mol. The van der Waals surface area contributed by atoms with Gasteiger partial charge in [0, 0.05) is 23.7 Å². The Morgan fingerprint density at radius 3 is 2.62 bits per heavy atom. The molecule has 2 aliphatic heterocycles. The predicted molar refractivity (Wildman–Crippen MR) is 129 cm³/mol. The van der Waals surface area contributed by atoms with Crippen molar-refractivity contribution in [3.63, 3.8) is 0 Å². The number of fused-ring (bicyclic) bond motifs is 2. The molecule has 2 aromatic carbocycles. The van der Waals surface area contributed by atoms with E-state index in [-0.39, 0.29) is 11.4 Å². The lowest BCUT2D eigenvalue weighted by molar-refractivity contribution is -0.143. The first-order chi connectivity index (χ1) is 15.4. The van der Waals surface area contributed by atoms with Crippen LogP contribution in [0.4, 0.5) is 0 Å². The fourth-order valence-electron chi connectivity index (χ4n) is 4.71. The van der Waals surface area contributed by atoms with Crippen LogP contribution in [-0.2, 0) is 16.1 Å². The van der Waals surface area contributed by atoms with Gasteiger partial charge in [-0.1, -0.05) is 55.3 Å². The van der Waals surface area contributed by atoms with Crippen LogP contribution in [0.15, 0.2) is 48.0 Å². The Bertz CT molecular complexity index is 1020. The normalized spacial score (nSPS) is 16.6. The number of para-hydroxylation sites is 1. The highest BCUT2D eigenvalue weighted by molar-refractivity contribution is 6.30. The maximum Gasteiger partial charge on any atom is 0.306 e. The van der Waals surface area contributed by atoms with Gasteiger partial charge < -0.3 is 14.4 Å². The summed E-state index contributed by atoms with van der Waals surface area (Å²) in [6, 6.07) is 14.5.